The lowest BCUT2D eigenvalue weighted by molar-refractivity contribution is -0.156. The first kappa shape index (κ1) is 25.0. The highest BCUT2D eigenvalue weighted by Gasteiger charge is 2.47. The fraction of sp³-hybridized carbons (Fsp3) is 0.548. The Hall–Kier alpha value is -2.68. The molecule has 2 aromatic carbocycles. The first-order valence-corrected chi connectivity index (χ1v) is 13.7. The summed E-state index contributed by atoms with van der Waals surface area (Å²) in [5, 5.41) is 23.2. The Morgan fingerprint density at radius 1 is 1.06 bits per heavy atom. The standard InChI is InChI=1S/C31H39N3O2/c32-21-26-11-5-4-8-24(26)12-6-13-30(22-33-28-20-27(28)25-9-2-1-3-10-25)16-18-34(19-17-30)23-31(29(35)36)14-7-15-31/h1-5,8-11,27-28,33H,6-7,12-20,22-23H2,(H,35,36)/t27?,28-/m1/s1. The molecule has 1 unspecified atom stereocenters. The third-order valence-electron chi connectivity index (χ3n) is 9.26. The molecule has 0 amide bonds. The lowest BCUT2D eigenvalue weighted by atomic mass is 9.67. The van der Waals surface area contributed by atoms with E-state index in [2.05, 4.69) is 52.7 Å². The molecule has 0 spiro atoms. The monoisotopic (exact) mass is 485 g/mol. The van der Waals surface area contributed by atoms with E-state index in [1.54, 1.807) is 0 Å². The number of aryl methyl sites for hydroxylation is 1. The lowest BCUT2D eigenvalue weighted by Gasteiger charge is -2.47. The molecule has 36 heavy (non-hydrogen) atoms. The molecule has 2 atom stereocenters. The molecule has 1 aliphatic heterocycles. The minimum absolute atomic E-state index is 0.234. The van der Waals surface area contributed by atoms with Crippen molar-refractivity contribution >= 4 is 5.97 Å². The van der Waals surface area contributed by atoms with Gasteiger partial charge in [0.25, 0.3) is 0 Å². The number of benzene rings is 2. The van der Waals surface area contributed by atoms with E-state index in [4.69, 9.17) is 0 Å². The number of piperidine rings is 1. The Morgan fingerprint density at radius 3 is 2.44 bits per heavy atom. The van der Waals surface area contributed by atoms with E-state index in [9.17, 15) is 15.2 Å². The van der Waals surface area contributed by atoms with Crippen molar-refractivity contribution in [1.29, 1.82) is 5.26 Å². The summed E-state index contributed by atoms with van der Waals surface area (Å²) in [5.41, 5.74) is 3.11. The topological polar surface area (TPSA) is 76.4 Å². The van der Waals surface area contributed by atoms with Gasteiger partial charge >= 0.3 is 5.97 Å². The Morgan fingerprint density at radius 2 is 1.78 bits per heavy atom. The van der Waals surface area contributed by atoms with Crippen molar-refractivity contribution < 1.29 is 9.90 Å². The second-order valence-electron chi connectivity index (χ2n) is 11.6. The van der Waals surface area contributed by atoms with E-state index in [1.807, 2.05) is 18.2 Å². The highest BCUT2D eigenvalue weighted by atomic mass is 16.4. The molecule has 0 bridgehead atoms. The van der Waals surface area contributed by atoms with Crippen molar-refractivity contribution in [3.05, 3.63) is 71.3 Å². The molecular weight excluding hydrogens is 446 g/mol. The average Bonchev–Trinajstić information content (AvgIpc) is 3.67. The van der Waals surface area contributed by atoms with Crippen molar-refractivity contribution in [3.8, 4) is 6.07 Å². The number of carbonyl (C=O) groups is 1. The smallest absolute Gasteiger partial charge is 0.310 e. The van der Waals surface area contributed by atoms with Crippen molar-refractivity contribution in [1.82, 2.24) is 10.2 Å². The maximum Gasteiger partial charge on any atom is 0.310 e. The maximum atomic E-state index is 11.9. The molecule has 5 nitrogen and oxygen atoms in total. The number of nitrogens with one attached hydrogen (secondary N) is 1. The minimum atomic E-state index is -0.607. The maximum absolute atomic E-state index is 11.9. The van der Waals surface area contributed by atoms with Crippen LogP contribution in [0.25, 0.3) is 0 Å². The van der Waals surface area contributed by atoms with Crippen LogP contribution in [-0.4, -0.2) is 48.2 Å². The summed E-state index contributed by atoms with van der Waals surface area (Å²) in [6.07, 6.45) is 9.28. The van der Waals surface area contributed by atoms with Crippen LogP contribution in [0.5, 0.6) is 0 Å². The van der Waals surface area contributed by atoms with Gasteiger partial charge in [-0.05, 0) is 87.1 Å². The molecule has 0 radical (unpaired) electrons. The molecule has 5 heteroatoms. The number of carboxylic acid groups (broad SMARTS) is 1. The van der Waals surface area contributed by atoms with Gasteiger partial charge in [-0.25, -0.2) is 0 Å². The minimum Gasteiger partial charge on any atom is -0.481 e. The number of hydrogen-bond acceptors (Lipinski definition) is 4. The van der Waals surface area contributed by atoms with Gasteiger partial charge in [0, 0.05) is 25.0 Å². The fourth-order valence-corrected chi connectivity index (χ4v) is 6.51. The average molecular weight is 486 g/mol. The molecular formula is C31H39N3O2. The molecule has 2 saturated carbocycles. The molecule has 3 fully saturated rings. The number of aliphatic carboxylic acids is 1. The van der Waals surface area contributed by atoms with Gasteiger partial charge in [-0.15, -0.1) is 0 Å². The highest BCUT2D eigenvalue weighted by molar-refractivity contribution is 5.76. The lowest BCUT2D eigenvalue weighted by Crippen LogP contribution is -2.52. The van der Waals surface area contributed by atoms with Crippen LogP contribution in [0.3, 0.4) is 0 Å². The number of hydrogen-bond donors (Lipinski definition) is 2. The van der Waals surface area contributed by atoms with Crippen LogP contribution in [0, 0.1) is 22.2 Å². The molecule has 190 valence electrons. The molecule has 1 saturated heterocycles. The molecule has 2 N–H and O–H groups in total. The molecule has 1 heterocycles. The van der Waals surface area contributed by atoms with Gasteiger partial charge in [0.2, 0.25) is 0 Å². The van der Waals surface area contributed by atoms with Crippen LogP contribution in [0.2, 0.25) is 0 Å². The van der Waals surface area contributed by atoms with Crippen molar-refractivity contribution in [3.63, 3.8) is 0 Å². The zero-order valence-corrected chi connectivity index (χ0v) is 21.3. The molecule has 3 aliphatic rings. The Balaban J connectivity index is 1.20. The molecule has 0 aromatic heterocycles. The molecule has 5 rings (SSSR count). The van der Waals surface area contributed by atoms with E-state index in [0.717, 1.165) is 82.1 Å². The first-order chi connectivity index (χ1) is 17.5. The van der Waals surface area contributed by atoms with Crippen LogP contribution >= 0.6 is 0 Å². The van der Waals surface area contributed by atoms with Crippen LogP contribution in [0.1, 0.15) is 74.0 Å². The predicted octanol–water partition coefficient (Wildman–Crippen LogP) is 5.36. The van der Waals surface area contributed by atoms with Crippen molar-refractivity contribution in [2.45, 2.75) is 69.7 Å². The molecule has 2 aliphatic carbocycles. The zero-order chi connectivity index (χ0) is 25.0. The number of rotatable bonds is 11. The zero-order valence-electron chi connectivity index (χ0n) is 21.3. The Kier molecular flexibility index (Phi) is 7.46. The number of nitrogens with zero attached hydrogens (tertiary/aromatic N) is 2. The van der Waals surface area contributed by atoms with E-state index in [0.29, 0.717) is 18.5 Å². The van der Waals surface area contributed by atoms with Gasteiger partial charge < -0.3 is 15.3 Å². The summed E-state index contributed by atoms with van der Waals surface area (Å²) in [6, 6.07) is 21.7. The van der Waals surface area contributed by atoms with Crippen LogP contribution in [0.4, 0.5) is 0 Å². The summed E-state index contributed by atoms with van der Waals surface area (Å²) < 4.78 is 0. The number of carboxylic acids is 1. The second kappa shape index (κ2) is 10.7. The van der Waals surface area contributed by atoms with Crippen LogP contribution in [0.15, 0.2) is 54.6 Å². The largest absolute Gasteiger partial charge is 0.481 e. The SMILES string of the molecule is N#Cc1ccccc1CCCC1(CN[C@@H]2CC2c2ccccc2)CCN(CC2(C(=O)O)CCC2)CC1. The van der Waals surface area contributed by atoms with E-state index >= 15 is 0 Å². The van der Waals surface area contributed by atoms with Gasteiger partial charge in [-0.3, -0.25) is 4.79 Å². The second-order valence-corrected chi connectivity index (χ2v) is 11.6. The normalized spacial score (nSPS) is 24.4. The quantitative estimate of drug-likeness (QED) is 0.448. The van der Waals surface area contributed by atoms with Crippen LogP contribution < -0.4 is 5.32 Å². The summed E-state index contributed by atoms with van der Waals surface area (Å²) in [5.74, 6) is 0.0176. The summed E-state index contributed by atoms with van der Waals surface area (Å²) in [6.45, 7) is 3.70. The fourth-order valence-electron chi connectivity index (χ4n) is 6.51. The van der Waals surface area contributed by atoms with Crippen molar-refractivity contribution in [2.24, 2.45) is 10.8 Å². The predicted molar refractivity (Wildman–Crippen MR) is 142 cm³/mol. The summed E-state index contributed by atoms with van der Waals surface area (Å²) >= 11 is 0. The third kappa shape index (κ3) is 5.51. The number of likely N-dealkylation sites (tertiary alicyclic amines) is 1. The van der Waals surface area contributed by atoms with Gasteiger partial charge in [-0.1, -0.05) is 55.0 Å². The van der Waals surface area contributed by atoms with Crippen LogP contribution in [-0.2, 0) is 11.2 Å². The van der Waals surface area contributed by atoms with E-state index in [1.165, 1.54) is 12.0 Å². The molecule has 2 aromatic rings. The summed E-state index contributed by atoms with van der Waals surface area (Å²) in [4.78, 5) is 14.3. The Bertz CT molecular complexity index is 1080. The van der Waals surface area contributed by atoms with Gasteiger partial charge in [-0.2, -0.15) is 5.26 Å². The number of nitriles is 1. The first-order valence-electron chi connectivity index (χ1n) is 13.7. The van der Waals surface area contributed by atoms with E-state index < -0.39 is 11.4 Å². The van der Waals surface area contributed by atoms with Crippen molar-refractivity contribution in [2.75, 3.05) is 26.2 Å². The van der Waals surface area contributed by atoms with Gasteiger partial charge in [0.05, 0.1) is 17.0 Å². The van der Waals surface area contributed by atoms with Gasteiger partial charge in [0.15, 0.2) is 0 Å². The van der Waals surface area contributed by atoms with Gasteiger partial charge in [0.1, 0.15) is 0 Å². The Labute approximate surface area is 215 Å². The highest BCUT2D eigenvalue weighted by Crippen LogP contribution is 2.45. The summed E-state index contributed by atoms with van der Waals surface area (Å²) in [7, 11) is 0. The van der Waals surface area contributed by atoms with E-state index in [-0.39, 0.29) is 5.41 Å². The third-order valence-corrected chi connectivity index (χ3v) is 9.26.